The van der Waals surface area contributed by atoms with E-state index in [9.17, 15) is 0 Å². The van der Waals surface area contributed by atoms with Crippen molar-refractivity contribution in [3.05, 3.63) is 64.0 Å². The van der Waals surface area contributed by atoms with Crippen LogP contribution in [0.2, 0.25) is 5.02 Å². The quantitative estimate of drug-likeness (QED) is 0.603. The van der Waals surface area contributed by atoms with Crippen LogP contribution < -0.4 is 0 Å². The lowest BCUT2D eigenvalue weighted by molar-refractivity contribution is 1.03. The van der Waals surface area contributed by atoms with Crippen LogP contribution in [0.1, 0.15) is 5.56 Å². The predicted octanol–water partition coefficient (Wildman–Crippen LogP) is 4.72. The third-order valence-electron chi connectivity index (χ3n) is 3.05. The van der Waals surface area contributed by atoms with E-state index in [-0.39, 0.29) is 0 Å². The second-order valence-corrected chi connectivity index (χ2v) is 5.24. The Labute approximate surface area is 121 Å². The van der Waals surface area contributed by atoms with Crippen molar-refractivity contribution < 1.29 is 0 Å². The zero-order valence-electron chi connectivity index (χ0n) is 10.3. The number of hydrogen-bond donors (Lipinski definition) is 0. The minimum atomic E-state index is 0.593. The van der Waals surface area contributed by atoms with Gasteiger partial charge in [0.2, 0.25) is 0 Å². The number of hydrogen-bond acceptors (Lipinski definition) is 2. The monoisotopic (exact) mass is 286 g/mol. The maximum Gasteiger partial charge on any atom is 0.137 e. The molecule has 0 spiro atoms. The molecule has 1 aromatic heterocycles. The predicted molar refractivity (Wildman–Crippen MR) is 81.7 cm³/mol. The maximum absolute atomic E-state index is 6.09. The zero-order chi connectivity index (χ0) is 13.4. The van der Waals surface area contributed by atoms with Gasteiger partial charge in [-0.25, -0.2) is 4.98 Å². The second-order valence-electron chi connectivity index (χ2n) is 4.42. The van der Waals surface area contributed by atoms with Gasteiger partial charge < -0.3 is 4.57 Å². The Hall–Kier alpha value is -1.71. The Morgan fingerprint density at radius 3 is 2.58 bits per heavy atom. The van der Waals surface area contributed by atoms with E-state index in [0.717, 1.165) is 16.6 Å². The first kappa shape index (κ1) is 12.3. The standard InChI is InChI=1S/C15H11ClN2S/c1-10-2-5-12(6-3-10)18-9-17-15(19)13-7-4-11(16)8-14(13)18/h2-9H,1H3. The van der Waals surface area contributed by atoms with E-state index in [2.05, 4.69) is 36.2 Å². The van der Waals surface area contributed by atoms with Crippen molar-refractivity contribution in [3.8, 4) is 5.69 Å². The average molecular weight is 287 g/mol. The topological polar surface area (TPSA) is 17.8 Å². The number of fused-ring (bicyclic) bond motifs is 1. The van der Waals surface area contributed by atoms with E-state index < -0.39 is 0 Å². The number of aryl methyl sites for hydroxylation is 1. The van der Waals surface area contributed by atoms with Crippen LogP contribution in [0.25, 0.3) is 16.6 Å². The molecule has 19 heavy (non-hydrogen) atoms. The lowest BCUT2D eigenvalue weighted by Gasteiger charge is -2.11. The normalized spacial score (nSPS) is 10.8. The lowest BCUT2D eigenvalue weighted by Crippen LogP contribution is -1.99. The molecule has 3 aromatic rings. The Balaban J connectivity index is 2.35. The summed E-state index contributed by atoms with van der Waals surface area (Å²) in [5, 5.41) is 1.62. The van der Waals surface area contributed by atoms with Gasteiger partial charge in [-0.3, -0.25) is 0 Å². The van der Waals surface area contributed by atoms with Gasteiger partial charge in [0.05, 0.1) is 5.52 Å². The van der Waals surface area contributed by atoms with Crippen LogP contribution in [-0.4, -0.2) is 9.55 Å². The van der Waals surface area contributed by atoms with E-state index in [1.165, 1.54) is 5.56 Å². The molecule has 0 saturated carbocycles. The minimum absolute atomic E-state index is 0.593. The highest BCUT2D eigenvalue weighted by Gasteiger charge is 2.04. The largest absolute Gasteiger partial charge is 0.300 e. The van der Waals surface area contributed by atoms with Gasteiger partial charge in [-0.05, 0) is 37.3 Å². The molecule has 0 bridgehead atoms. The Morgan fingerprint density at radius 1 is 1.11 bits per heavy atom. The fourth-order valence-corrected chi connectivity index (χ4v) is 2.42. The molecule has 1 heterocycles. The first-order valence-corrected chi connectivity index (χ1v) is 6.68. The van der Waals surface area contributed by atoms with Crippen molar-refractivity contribution >= 4 is 34.7 Å². The van der Waals surface area contributed by atoms with Crippen molar-refractivity contribution in [2.24, 2.45) is 0 Å². The van der Waals surface area contributed by atoms with Crippen LogP contribution >= 0.6 is 23.8 Å². The molecule has 2 nitrogen and oxygen atoms in total. The maximum atomic E-state index is 6.09. The molecule has 3 rings (SSSR count). The van der Waals surface area contributed by atoms with Gasteiger partial charge in [-0.1, -0.05) is 41.5 Å². The summed E-state index contributed by atoms with van der Waals surface area (Å²) in [5.41, 5.74) is 3.23. The third kappa shape index (κ3) is 2.27. The van der Waals surface area contributed by atoms with Crippen LogP contribution in [-0.2, 0) is 0 Å². The highest BCUT2D eigenvalue weighted by molar-refractivity contribution is 7.71. The van der Waals surface area contributed by atoms with Gasteiger partial charge >= 0.3 is 0 Å². The van der Waals surface area contributed by atoms with E-state index in [1.807, 2.05) is 22.8 Å². The Morgan fingerprint density at radius 2 is 1.84 bits per heavy atom. The molecule has 94 valence electrons. The molecule has 0 aliphatic heterocycles. The summed E-state index contributed by atoms with van der Waals surface area (Å²) in [6, 6.07) is 13.9. The number of aromatic nitrogens is 2. The highest BCUT2D eigenvalue weighted by atomic mass is 35.5. The van der Waals surface area contributed by atoms with E-state index in [4.69, 9.17) is 23.8 Å². The molecule has 0 N–H and O–H groups in total. The van der Waals surface area contributed by atoms with Crippen molar-refractivity contribution in [2.45, 2.75) is 6.92 Å². The fraction of sp³-hybridized carbons (Fsp3) is 0.0667. The van der Waals surface area contributed by atoms with Crippen molar-refractivity contribution in [1.29, 1.82) is 0 Å². The van der Waals surface area contributed by atoms with Crippen LogP contribution in [0.15, 0.2) is 48.8 Å². The molecule has 0 amide bonds. The molecular weight excluding hydrogens is 276 g/mol. The lowest BCUT2D eigenvalue weighted by atomic mass is 10.2. The molecule has 0 radical (unpaired) electrons. The van der Waals surface area contributed by atoms with Crippen molar-refractivity contribution in [1.82, 2.24) is 9.55 Å². The Bertz CT molecular complexity index is 806. The van der Waals surface area contributed by atoms with Crippen LogP contribution in [0.5, 0.6) is 0 Å². The van der Waals surface area contributed by atoms with E-state index >= 15 is 0 Å². The Kier molecular flexibility index (Phi) is 3.09. The molecule has 0 unspecified atom stereocenters. The molecular formula is C15H11ClN2S. The number of nitrogens with zero attached hydrogens (tertiary/aromatic N) is 2. The number of benzene rings is 2. The number of halogens is 1. The molecule has 0 aliphatic rings. The number of rotatable bonds is 1. The average Bonchev–Trinajstić information content (AvgIpc) is 2.40. The second kappa shape index (κ2) is 4.76. The first-order valence-electron chi connectivity index (χ1n) is 5.89. The van der Waals surface area contributed by atoms with Gasteiger partial charge in [0.1, 0.15) is 11.0 Å². The van der Waals surface area contributed by atoms with Gasteiger partial charge in [0, 0.05) is 16.1 Å². The molecule has 2 aromatic carbocycles. The van der Waals surface area contributed by atoms with Crippen molar-refractivity contribution in [3.63, 3.8) is 0 Å². The summed E-state index contributed by atoms with van der Waals surface area (Å²) in [6.45, 7) is 2.06. The van der Waals surface area contributed by atoms with E-state index in [1.54, 1.807) is 6.33 Å². The third-order valence-corrected chi connectivity index (χ3v) is 3.61. The molecule has 0 saturated heterocycles. The van der Waals surface area contributed by atoms with E-state index in [0.29, 0.717) is 9.66 Å². The smallest absolute Gasteiger partial charge is 0.137 e. The summed E-state index contributed by atoms with van der Waals surface area (Å²) >= 11 is 11.3. The fourth-order valence-electron chi connectivity index (χ4n) is 2.04. The molecule has 0 fully saturated rings. The summed E-state index contributed by atoms with van der Waals surface area (Å²) in [4.78, 5) is 4.27. The summed E-state index contributed by atoms with van der Waals surface area (Å²) in [6.07, 6.45) is 1.74. The summed E-state index contributed by atoms with van der Waals surface area (Å²) in [7, 11) is 0. The first-order chi connectivity index (χ1) is 9.15. The van der Waals surface area contributed by atoms with Crippen molar-refractivity contribution in [2.75, 3.05) is 0 Å². The summed E-state index contributed by atoms with van der Waals surface area (Å²) < 4.78 is 2.59. The van der Waals surface area contributed by atoms with Gasteiger partial charge in [0.25, 0.3) is 0 Å². The minimum Gasteiger partial charge on any atom is -0.300 e. The highest BCUT2D eigenvalue weighted by Crippen LogP contribution is 2.22. The van der Waals surface area contributed by atoms with Crippen LogP contribution in [0.4, 0.5) is 0 Å². The SMILES string of the molecule is Cc1ccc(-n2cnc(=S)c3ccc(Cl)cc32)cc1. The molecule has 0 aliphatic carbocycles. The zero-order valence-corrected chi connectivity index (χ0v) is 11.9. The van der Waals surface area contributed by atoms with Gasteiger partial charge in [-0.2, -0.15) is 0 Å². The van der Waals surface area contributed by atoms with Gasteiger partial charge in [-0.15, -0.1) is 0 Å². The molecule has 4 heteroatoms. The van der Waals surface area contributed by atoms with Crippen LogP contribution in [0.3, 0.4) is 0 Å². The van der Waals surface area contributed by atoms with Crippen LogP contribution in [0, 0.1) is 11.6 Å². The van der Waals surface area contributed by atoms with Gasteiger partial charge in [0.15, 0.2) is 0 Å². The summed E-state index contributed by atoms with van der Waals surface area (Å²) in [5.74, 6) is 0. The molecule has 0 atom stereocenters.